The minimum atomic E-state index is -0.215. The van der Waals surface area contributed by atoms with E-state index in [0.29, 0.717) is 35.8 Å². The highest BCUT2D eigenvalue weighted by molar-refractivity contribution is 6.05. The lowest BCUT2D eigenvalue weighted by molar-refractivity contribution is -0.126. The van der Waals surface area contributed by atoms with E-state index in [9.17, 15) is 14.4 Å². The first kappa shape index (κ1) is 23.0. The molecule has 2 N–H and O–H groups in total. The molecule has 2 aromatic carbocycles. The Kier molecular flexibility index (Phi) is 7.76. The minimum absolute atomic E-state index is 0.0712. The molecule has 1 saturated heterocycles. The molecule has 3 amide bonds. The van der Waals surface area contributed by atoms with Crippen molar-refractivity contribution in [2.45, 2.75) is 44.9 Å². The van der Waals surface area contributed by atoms with E-state index in [1.54, 1.807) is 41.3 Å². The molecule has 1 aliphatic carbocycles. The molecule has 2 aromatic rings. The topological polar surface area (TPSA) is 78.5 Å². The molecule has 2 aliphatic rings. The summed E-state index contributed by atoms with van der Waals surface area (Å²) < 4.78 is 0. The number of carbonyl (C=O) groups is 3. The van der Waals surface area contributed by atoms with Gasteiger partial charge in [0, 0.05) is 36.4 Å². The zero-order chi connectivity index (χ0) is 23.0. The van der Waals surface area contributed by atoms with Crippen molar-refractivity contribution in [1.82, 2.24) is 10.2 Å². The maximum Gasteiger partial charge on any atom is 0.255 e. The predicted octanol–water partition coefficient (Wildman–Crippen LogP) is 4.49. The highest BCUT2D eigenvalue weighted by Crippen LogP contribution is 2.24. The molecular weight excluding hydrogens is 414 g/mol. The van der Waals surface area contributed by atoms with E-state index in [2.05, 4.69) is 10.6 Å². The Labute approximate surface area is 195 Å². The van der Waals surface area contributed by atoms with Crippen LogP contribution in [0.25, 0.3) is 0 Å². The smallest absolute Gasteiger partial charge is 0.255 e. The van der Waals surface area contributed by atoms with Crippen LogP contribution in [0.5, 0.6) is 0 Å². The molecule has 0 aromatic heterocycles. The Morgan fingerprint density at radius 2 is 1.61 bits per heavy atom. The number of benzene rings is 2. The van der Waals surface area contributed by atoms with Crippen LogP contribution in [0.4, 0.5) is 5.69 Å². The molecule has 174 valence electrons. The van der Waals surface area contributed by atoms with Crippen molar-refractivity contribution in [1.29, 1.82) is 0 Å². The molecule has 0 bridgehead atoms. The van der Waals surface area contributed by atoms with Gasteiger partial charge in [-0.05, 0) is 61.9 Å². The number of piperidine rings is 1. The zero-order valence-electron chi connectivity index (χ0n) is 19.1. The summed E-state index contributed by atoms with van der Waals surface area (Å²) in [6, 6.07) is 16.0. The average molecular weight is 448 g/mol. The van der Waals surface area contributed by atoms with Crippen molar-refractivity contribution in [2.75, 3.05) is 25.0 Å². The normalized spacial score (nSPS) is 19.0. The minimum Gasteiger partial charge on any atom is -0.356 e. The Bertz CT molecular complexity index is 970. The maximum atomic E-state index is 13.2. The van der Waals surface area contributed by atoms with Crippen molar-refractivity contribution >= 4 is 23.4 Å². The van der Waals surface area contributed by atoms with Gasteiger partial charge in [-0.2, -0.15) is 0 Å². The van der Waals surface area contributed by atoms with Crippen molar-refractivity contribution in [2.24, 2.45) is 11.8 Å². The second-order valence-electron chi connectivity index (χ2n) is 9.24. The summed E-state index contributed by atoms with van der Waals surface area (Å²) in [7, 11) is 0. The van der Waals surface area contributed by atoms with Crippen molar-refractivity contribution < 1.29 is 14.4 Å². The highest BCUT2D eigenvalue weighted by Gasteiger charge is 2.29. The van der Waals surface area contributed by atoms with Gasteiger partial charge in [0.1, 0.15) is 0 Å². The number of rotatable bonds is 6. The van der Waals surface area contributed by atoms with Crippen LogP contribution in [-0.4, -0.2) is 42.3 Å². The number of hydrogen-bond donors (Lipinski definition) is 2. The van der Waals surface area contributed by atoms with E-state index in [1.807, 2.05) is 18.2 Å². The quantitative estimate of drug-likeness (QED) is 0.685. The third-order valence-corrected chi connectivity index (χ3v) is 6.77. The lowest BCUT2D eigenvalue weighted by atomic mass is 9.89. The Hall–Kier alpha value is -3.15. The number of nitrogens with zero attached hydrogens (tertiary/aromatic N) is 1. The molecule has 4 rings (SSSR count). The number of nitrogens with one attached hydrogen (secondary N) is 2. The summed E-state index contributed by atoms with van der Waals surface area (Å²) >= 11 is 0. The van der Waals surface area contributed by atoms with E-state index in [1.165, 1.54) is 32.1 Å². The van der Waals surface area contributed by atoms with Crippen LogP contribution in [0.15, 0.2) is 54.6 Å². The van der Waals surface area contributed by atoms with Crippen LogP contribution in [0.2, 0.25) is 0 Å². The number of anilines is 1. The summed E-state index contributed by atoms with van der Waals surface area (Å²) in [6.45, 7) is 1.84. The van der Waals surface area contributed by atoms with Crippen LogP contribution in [0.1, 0.15) is 65.7 Å². The molecule has 0 radical (unpaired) electrons. The monoisotopic (exact) mass is 447 g/mol. The second-order valence-corrected chi connectivity index (χ2v) is 9.24. The van der Waals surface area contributed by atoms with Gasteiger partial charge in [-0.1, -0.05) is 43.5 Å². The van der Waals surface area contributed by atoms with Gasteiger partial charge in [0.2, 0.25) is 5.91 Å². The number of likely N-dealkylation sites (tertiary alicyclic amines) is 1. The van der Waals surface area contributed by atoms with Crippen LogP contribution in [0, 0.1) is 11.8 Å². The summed E-state index contributed by atoms with van der Waals surface area (Å²) in [5.74, 6) is 0.190. The van der Waals surface area contributed by atoms with Crippen molar-refractivity contribution in [3.05, 3.63) is 65.7 Å². The van der Waals surface area contributed by atoms with E-state index >= 15 is 0 Å². The second kappa shape index (κ2) is 11.1. The van der Waals surface area contributed by atoms with Gasteiger partial charge < -0.3 is 15.5 Å². The lowest BCUT2D eigenvalue weighted by Crippen LogP contribution is -2.46. The average Bonchev–Trinajstić information content (AvgIpc) is 2.88. The fourth-order valence-corrected chi connectivity index (χ4v) is 4.86. The molecule has 1 saturated carbocycles. The molecule has 1 heterocycles. The molecule has 0 unspecified atom stereocenters. The molecule has 1 aliphatic heterocycles. The maximum absolute atomic E-state index is 13.2. The lowest BCUT2D eigenvalue weighted by Gasteiger charge is -2.32. The molecule has 6 heteroatoms. The fourth-order valence-electron chi connectivity index (χ4n) is 4.86. The van der Waals surface area contributed by atoms with E-state index in [4.69, 9.17) is 0 Å². The zero-order valence-corrected chi connectivity index (χ0v) is 19.1. The van der Waals surface area contributed by atoms with Gasteiger partial charge in [0.25, 0.3) is 11.8 Å². The Morgan fingerprint density at radius 3 is 2.39 bits per heavy atom. The van der Waals surface area contributed by atoms with Gasteiger partial charge >= 0.3 is 0 Å². The first-order valence-corrected chi connectivity index (χ1v) is 12.1. The third-order valence-electron chi connectivity index (χ3n) is 6.77. The van der Waals surface area contributed by atoms with Crippen molar-refractivity contribution in [3.63, 3.8) is 0 Å². The van der Waals surface area contributed by atoms with Crippen LogP contribution >= 0.6 is 0 Å². The molecule has 0 spiro atoms. The predicted molar refractivity (Wildman–Crippen MR) is 129 cm³/mol. The molecule has 6 nitrogen and oxygen atoms in total. The van der Waals surface area contributed by atoms with Gasteiger partial charge in [-0.3, -0.25) is 14.4 Å². The highest BCUT2D eigenvalue weighted by atomic mass is 16.2. The van der Waals surface area contributed by atoms with E-state index in [-0.39, 0.29) is 23.6 Å². The molecule has 33 heavy (non-hydrogen) atoms. The van der Waals surface area contributed by atoms with Gasteiger partial charge in [0.05, 0.1) is 5.92 Å². The molecule has 1 atom stereocenters. The fraction of sp³-hybridized carbons (Fsp3) is 0.444. The summed E-state index contributed by atoms with van der Waals surface area (Å²) in [5, 5.41) is 6.00. The first-order valence-electron chi connectivity index (χ1n) is 12.1. The first-order chi connectivity index (χ1) is 16.1. The summed E-state index contributed by atoms with van der Waals surface area (Å²) in [6.07, 6.45) is 7.86. The van der Waals surface area contributed by atoms with Crippen molar-refractivity contribution in [3.8, 4) is 0 Å². The largest absolute Gasteiger partial charge is 0.356 e. The van der Waals surface area contributed by atoms with E-state index in [0.717, 1.165) is 19.4 Å². The van der Waals surface area contributed by atoms with Gasteiger partial charge in [-0.15, -0.1) is 0 Å². The number of amides is 3. The van der Waals surface area contributed by atoms with Crippen LogP contribution < -0.4 is 10.6 Å². The van der Waals surface area contributed by atoms with Gasteiger partial charge in [0.15, 0.2) is 0 Å². The summed E-state index contributed by atoms with van der Waals surface area (Å²) in [4.78, 5) is 40.1. The SMILES string of the molecule is O=C(Nc1cccc(C(=O)N2CCC[C@H](C(=O)NCC3CCCCC3)C2)c1)c1ccccc1. The van der Waals surface area contributed by atoms with Crippen LogP contribution in [0.3, 0.4) is 0 Å². The Morgan fingerprint density at radius 1 is 0.848 bits per heavy atom. The number of carbonyl (C=O) groups excluding carboxylic acids is 3. The molecular formula is C27H33N3O3. The summed E-state index contributed by atoms with van der Waals surface area (Å²) in [5.41, 5.74) is 1.66. The molecule has 2 fully saturated rings. The number of hydrogen-bond acceptors (Lipinski definition) is 3. The van der Waals surface area contributed by atoms with Crippen LogP contribution in [-0.2, 0) is 4.79 Å². The van der Waals surface area contributed by atoms with Gasteiger partial charge in [-0.25, -0.2) is 0 Å². The third kappa shape index (κ3) is 6.21. The standard InChI is InChI=1S/C27H33N3O3/c31-25(28-18-20-9-3-1-4-10-20)23-14-8-16-30(19-23)27(33)22-13-7-15-24(17-22)29-26(32)21-11-5-2-6-12-21/h2,5-7,11-13,15,17,20,23H,1,3-4,8-10,14,16,18-19H2,(H,28,31)(H,29,32)/t23-/m0/s1. The Balaban J connectivity index is 1.33. The van der Waals surface area contributed by atoms with E-state index < -0.39 is 0 Å².